The molecule has 1 atom stereocenters. The van der Waals surface area contributed by atoms with Gasteiger partial charge in [-0.25, -0.2) is 8.78 Å². The van der Waals surface area contributed by atoms with Crippen LogP contribution in [0.3, 0.4) is 0 Å². The van der Waals surface area contributed by atoms with Gasteiger partial charge >= 0.3 is 0 Å². The van der Waals surface area contributed by atoms with Crippen molar-refractivity contribution in [2.75, 3.05) is 0 Å². The number of halogens is 4. The lowest BCUT2D eigenvalue weighted by atomic mass is 10.1. The van der Waals surface area contributed by atoms with E-state index in [0.29, 0.717) is 13.7 Å². The molecule has 0 radical (unpaired) electrons. The van der Waals surface area contributed by atoms with Gasteiger partial charge in [0.2, 0.25) is 0 Å². The van der Waals surface area contributed by atoms with Crippen molar-refractivity contribution in [2.45, 2.75) is 6.10 Å². The summed E-state index contributed by atoms with van der Waals surface area (Å²) < 4.78 is 27.3. The number of aliphatic hydroxyl groups excluding tert-OH is 1. The fourth-order valence-corrected chi connectivity index (χ4v) is 3.12. The molecule has 2 aromatic rings. The fraction of sp³-hybridized carbons (Fsp3) is 0.0909. The molecule has 1 N–H and O–H groups in total. The summed E-state index contributed by atoms with van der Waals surface area (Å²) >= 11 is 10.2. The van der Waals surface area contributed by atoms with Gasteiger partial charge < -0.3 is 5.11 Å². The molecule has 0 fully saturated rings. The van der Waals surface area contributed by atoms with Crippen LogP contribution in [0.4, 0.5) is 8.78 Å². The third kappa shape index (κ3) is 2.68. The van der Waals surface area contributed by atoms with Gasteiger partial charge in [-0.15, -0.1) is 11.3 Å². The maximum absolute atomic E-state index is 13.5. The molecule has 90 valence electrons. The van der Waals surface area contributed by atoms with Crippen LogP contribution in [0.15, 0.2) is 28.7 Å². The zero-order valence-corrected chi connectivity index (χ0v) is 11.4. The largest absolute Gasteiger partial charge is 0.383 e. The number of hydrogen-bond acceptors (Lipinski definition) is 2. The number of rotatable bonds is 2. The van der Waals surface area contributed by atoms with Gasteiger partial charge in [0.1, 0.15) is 22.1 Å². The first-order valence-electron chi connectivity index (χ1n) is 4.57. The van der Waals surface area contributed by atoms with E-state index in [-0.39, 0.29) is 5.56 Å². The van der Waals surface area contributed by atoms with E-state index in [1.165, 1.54) is 6.07 Å². The van der Waals surface area contributed by atoms with Crippen LogP contribution in [0.5, 0.6) is 0 Å². The Hall–Kier alpha value is -0.490. The number of thiophene rings is 1. The van der Waals surface area contributed by atoms with Gasteiger partial charge in [-0.05, 0) is 28.1 Å². The maximum atomic E-state index is 13.5. The highest BCUT2D eigenvalue weighted by Crippen LogP contribution is 2.37. The lowest BCUT2D eigenvalue weighted by Gasteiger charge is -2.09. The third-order valence-corrected chi connectivity index (χ3v) is 4.72. The van der Waals surface area contributed by atoms with Crippen LogP contribution in [-0.2, 0) is 0 Å². The van der Waals surface area contributed by atoms with Crippen molar-refractivity contribution in [1.82, 2.24) is 0 Å². The Kier molecular flexibility index (Phi) is 3.82. The van der Waals surface area contributed by atoms with E-state index < -0.39 is 17.7 Å². The van der Waals surface area contributed by atoms with E-state index in [4.69, 9.17) is 11.6 Å². The van der Waals surface area contributed by atoms with E-state index in [2.05, 4.69) is 15.9 Å². The summed E-state index contributed by atoms with van der Waals surface area (Å²) in [4.78, 5) is 0.493. The molecule has 1 nitrogen and oxygen atoms in total. The van der Waals surface area contributed by atoms with Crippen molar-refractivity contribution in [2.24, 2.45) is 0 Å². The molecule has 6 heteroatoms. The normalized spacial score (nSPS) is 12.8. The molecule has 1 aromatic heterocycles. The Morgan fingerprint density at radius 3 is 2.53 bits per heavy atom. The summed E-state index contributed by atoms with van der Waals surface area (Å²) in [5.41, 5.74) is 0.0248. The molecule has 1 aromatic carbocycles. The standard InChI is InChI=1S/C11H6BrClF2OS/c12-7-4-9(17-11(7)13)10(16)6-2-1-5(14)3-8(6)15/h1-4,10,16H. The molecule has 0 aliphatic carbocycles. The summed E-state index contributed by atoms with van der Waals surface area (Å²) in [6.45, 7) is 0. The van der Waals surface area contributed by atoms with Crippen LogP contribution >= 0.6 is 38.9 Å². The van der Waals surface area contributed by atoms with Crippen LogP contribution in [0, 0.1) is 11.6 Å². The van der Waals surface area contributed by atoms with Crippen LogP contribution in [-0.4, -0.2) is 5.11 Å². The molecular formula is C11H6BrClF2OS. The summed E-state index contributed by atoms with van der Waals surface area (Å²) in [5, 5.41) is 9.97. The second kappa shape index (κ2) is 5.02. The van der Waals surface area contributed by atoms with Gasteiger partial charge in [-0.2, -0.15) is 0 Å². The van der Waals surface area contributed by atoms with Crippen molar-refractivity contribution in [3.05, 3.63) is 55.1 Å². The second-order valence-corrected chi connectivity index (χ2v) is 5.88. The van der Waals surface area contributed by atoms with Crippen LogP contribution < -0.4 is 0 Å². The fourth-order valence-electron chi connectivity index (χ4n) is 1.37. The lowest BCUT2D eigenvalue weighted by Crippen LogP contribution is -2.00. The highest BCUT2D eigenvalue weighted by atomic mass is 79.9. The second-order valence-electron chi connectivity index (χ2n) is 3.34. The minimum absolute atomic E-state index is 0.0248. The van der Waals surface area contributed by atoms with E-state index in [1.807, 2.05) is 0 Å². The molecule has 2 rings (SSSR count). The number of hydrogen-bond donors (Lipinski definition) is 1. The zero-order valence-electron chi connectivity index (χ0n) is 8.25. The SMILES string of the molecule is OC(c1cc(Br)c(Cl)s1)c1ccc(F)cc1F. The Labute approximate surface area is 114 Å². The number of benzene rings is 1. The molecule has 0 aliphatic heterocycles. The first-order chi connectivity index (χ1) is 7.99. The predicted octanol–water partition coefficient (Wildman–Crippen LogP) is 4.52. The molecule has 17 heavy (non-hydrogen) atoms. The van der Waals surface area contributed by atoms with Crippen molar-refractivity contribution in [1.29, 1.82) is 0 Å². The Morgan fingerprint density at radius 2 is 2.00 bits per heavy atom. The van der Waals surface area contributed by atoms with E-state index in [1.54, 1.807) is 6.07 Å². The van der Waals surface area contributed by atoms with Gasteiger partial charge in [-0.1, -0.05) is 17.7 Å². The molecule has 0 bridgehead atoms. The molecule has 0 saturated carbocycles. The molecule has 1 unspecified atom stereocenters. The molecule has 1 heterocycles. The smallest absolute Gasteiger partial charge is 0.132 e. The Balaban J connectivity index is 2.39. The summed E-state index contributed by atoms with van der Waals surface area (Å²) in [6, 6.07) is 4.67. The van der Waals surface area contributed by atoms with Crippen LogP contribution in [0.25, 0.3) is 0 Å². The van der Waals surface area contributed by atoms with Gasteiger partial charge in [0, 0.05) is 21.0 Å². The quantitative estimate of drug-likeness (QED) is 0.852. The molecular weight excluding hydrogens is 334 g/mol. The predicted molar refractivity (Wildman–Crippen MR) is 67.4 cm³/mol. The number of aliphatic hydroxyl groups is 1. The summed E-state index contributed by atoms with van der Waals surface area (Å²) in [5.74, 6) is -1.46. The average molecular weight is 340 g/mol. The topological polar surface area (TPSA) is 20.2 Å². The highest BCUT2D eigenvalue weighted by Gasteiger charge is 2.18. The summed E-state index contributed by atoms with van der Waals surface area (Å²) in [6.07, 6.45) is -1.15. The third-order valence-electron chi connectivity index (χ3n) is 2.19. The zero-order chi connectivity index (χ0) is 12.6. The average Bonchev–Trinajstić information content (AvgIpc) is 2.58. The van der Waals surface area contributed by atoms with E-state index in [0.717, 1.165) is 23.5 Å². The maximum Gasteiger partial charge on any atom is 0.132 e. The van der Waals surface area contributed by atoms with Crippen molar-refractivity contribution < 1.29 is 13.9 Å². The molecule has 0 saturated heterocycles. The van der Waals surface area contributed by atoms with Crippen molar-refractivity contribution in [3.63, 3.8) is 0 Å². The highest BCUT2D eigenvalue weighted by molar-refractivity contribution is 9.10. The molecule has 0 spiro atoms. The Bertz CT molecular complexity index is 539. The first kappa shape index (κ1) is 13.0. The minimum atomic E-state index is -1.15. The van der Waals surface area contributed by atoms with Crippen molar-refractivity contribution >= 4 is 38.9 Å². The van der Waals surface area contributed by atoms with Gasteiger partial charge in [0.15, 0.2) is 0 Å². The van der Waals surface area contributed by atoms with Gasteiger partial charge in [0.25, 0.3) is 0 Å². The van der Waals surface area contributed by atoms with Crippen LogP contribution in [0.1, 0.15) is 16.5 Å². The minimum Gasteiger partial charge on any atom is -0.383 e. The van der Waals surface area contributed by atoms with Crippen molar-refractivity contribution in [3.8, 4) is 0 Å². The first-order valence-corrected chi connectivity index (χ1v) is 6.55. The lowest BCUT2D eigenvalue weighted by molar-refractivity contribution is 0.218. The summed E-state index contributed by atoms with van der Waals surface area (Å²) in [7, 11) is 0. The van der Waals surface area contributed by atoms with E-state index in [9.17, 15) is 13.9 Å². The van der Waals surface area contributed by atoms with E-state index >= 15 is 0 Å². The van der Waals surface area contributed by atoms with Gasteiger partial charge in [-0.3, -0.25) is 0 Å². The Morgan fingerprint density at radius 1 is 1.29 bits per heavy atom. The monoisotopic (exact) mass is 338 g/mol. The van der Waals surface area contributed by atoms with Crippen LogP contribution in [0.2, 0.25) is 4.34 Å². The molecule has 0 amide bonds. The molecule has 0 aliphatic rings. The van der Waals surface area contributed by atoms with Gasteiger partial charge in [0.05, 0.1) is 0 Å².